The number of nitrogens with zero attached hydrogens (tertiary/aromatic N) is 2. The Hall–Kier alpha value is -3.01. The van der Waals surface area contributed by atoms with Crippen LogP contribution < -0.4 is 26.7 Å². The highest BCUT2D eigenvalue weighted by Crippen LogP contribution is 2.27. The van der Waals surface area contributed by atoms with Crippen LogP contribution in [0.2, 0.25) is 0 Å². The fourth-order valence-electron chi connectivity index (χ4n) is 10.4. The largest absolute Gasteiger partial charge is 0.493 e. The molecule has 1 saturated heterocycles. The van der Waals surface area contributed by atoms with Gasteiger partial charge in [0.1, 0.15) is 24.1 Å². The van der Waals surface area contributed by atoms with Crippen molar-refractivity contribution in [3.05, 3.63) is 23.8 Å². The van der Waals surface area contributed by atoms with Gasteiger partial charge in [-0.1, -0.05) is 258 Å². The maximum atomic E-state index is 13.4. The van der Waals surface area contributed by atoms with Crippen LogP contribution in [0.1, 0.15) is 302 Å². The molecule has 1 aromatic rings. The van der Waals surface area contributed by atoms with Gasteiger partial charge in [0.25, 0.3) is 0 Å². The summed E-state index contributed by atoms with van der Waals surface area (Å²) in [7, 11) is 0. The van der Waals surface area contributed by atoms with Crippen LogP contribution in [0.15, 0.2) is 23.2 Å². The Labute approximate surface area is 443 Å². The van der Waals surface area contributed by atoms with E-state index in [4.69, 9.17) is 31.4 Å². The van der Waals surface area contributed by atoms with Gasteiger partial charge in [0.05, 0.1) is 19.3 Å². The highest BCUT2D eigenvalue weighted by Gasteiger charge is 2.37. The molecule has 10 heteroatoms. The molecular formula is C62H115N5O5. The summed E-state index contributed by atoms with van der Waals surface area (Å²) in [4.78, 5) is 32.3. The second-order valence-electron chi connectivity index (χ2n) is 21.8. The third kappa shape index (κ3) is 36.8. The zero-order valence-corrected chi connectivity index (χ0v) is 47.2. The molecule has 6 N–H and O–H groups in total. The number of unbranched alkanes of at least 4 members (excludes halogenated alkanes) is 38. The molecule has 2 rings (SSSR count). The summed E-state index contributed by atoms with van der Waals surface area (Å²) >= 11 is 0. The second kappa shape index (κ2) is 47.7. The quantitative estimate of drug-likeness (QED) is 0.0252. The number of carbonyl (C=O) groups excluding carboxylic acids is 2. The van der Waals surface area contributed by atoms with Crippen LogP contribution in [0.25, 0.3) is 0 Å². The minimum absolute atomic E-state index is 0.0186. The van der Waals surface area contributed by atoms with E-state index in [1.165, 1.54) is 231 Å². The maximum Gasteiger partial charge on any atom is 0.329 e. The number of esters is 1. The Kier molecular flexibility index (Phi) is 43.1. The number of amides is 1. The van der Waals surface area contributed by atoms with Crippen molar-refractivity contribution in [2.75, 3.05) is 26.3 Å². The van der Waals surface area contributed by atoms with E-state index in [0.29, 0.717) is 45.6 Å². The SMILES string of the molecule is CCCCCCCCCCCCCCCCCCCCCCOc1cc(COC(=O)[C@@H]2CCCN2C(=O)[C@@H](N)CCCN=C(N)N)cc(OCCCCCCCCCCCCCCCCCCCCCC)c1. The molecule has 2 atom stereocenters. The zero-order chi connectivity index (χ0) is 51.8. The average Bonchev–Trinajstić information content (AvgIpc) is 3.88. The van der Waals surface area contributed by atoms with Gasteiger partial charge in [-0.2, -0.15) is 0 Å². The molecule has 1 amide bonds. The Bertz CT molecular complexity index is 1370. The normalized spacial score (nSPS) is 13.9. The molecule has 0 unspecified atom stereocenters. The lowest BCUT2D eigenvalue weighted by Crippen LogP contribution is -2.48. The lowest BCUT2D eigenvalue weighted by atomic mass is 10.0. The van der Waals surface area contributed by atoms with E-state index in [1.807, 2.05) is 18.2 Å². The molecule has 418 valence electrons. The van der Waals surface area contributed by atoms with Gasteiger partial charge in [-0.3, -0.25) is 9.79 Å². The Morgan fingerprint density at radius 3 is 1.22 bits per heavy atom. The van der Waals surface area contributed by atoms with Crippen molar-refractivity contribution in [3.63, 3.8) is 0 Å². The van der Waals surface area contributed by atoms with Crippen molar-refractivity contribution in [1.29, 1.82) is 0 Å². The number of guanidine groups is 1. The first-order chi connectivity index (χ1) is 35.3. The smallest absolute Gasteiger partial charge is 0.329 e. The van der Waals surface area contributed by atoms with Gasteiger partial charge in [0.15, 0.2) is 5.96 Å². The van der Waals surface area contributed by atoms with Crippen LogP contribution in [0.4, 0.5) is 0 Å². The molecule has 10 nitrogen and oxygen atoms in total. The summed E-state index contributed by atoms with van der Waals surface area (Å²) in [6, 6.07) is 4.52. The van der Waals surface area contributed by atoms with Crippen molar-refractivity contribution in [2.45, 2.75) is 315 Å². The van der Waals surface area contributed by atoms with Crippen molar-refractivity contribution in [1.82, 2.24) is 4.90 Å². The molecule has 0 spiro atoms. The summed E-state index contributed by atoms with van der Waals surface area (Å²) in [5, 5.41) is 0. The fourth-order valence-corrected chi connectivity index (χ4v) is 10.4. The first kappa shape index (κ1) is 65.1. The highest BCUT2D eigenvalue weighted by atomic mass is 16.5. The molecular weight excluding hydrogens is 895 g/mol. The molecule has 72 heavy (non-hydrogen) atoms. The monoisotopic (exact) mass is 1010 g/mol. The molecule has 0 radical (unpaired) electrons. The summed E-state index contributed by atoms with van der Waals surface area (Å²) < 4.78 is 18.5. The number of rotatable bonds is 52. The van der Waals surface area contributed by atoms with E-state index in [9.17, 15) is 9.59 Å². The predicted molar refractivity (Wildman–Crippen MR) is 306 cm³/mol. The number of nitrogens with two attached hydrogens (primary N) is 3. The minimum atomic E-state index is -0.723. The highest BCUT2D eigenvalue weighted by molar-refractivity contribution is 5.88. The van der Waals surface area contributed by atoms with Crippen LogP contribution in [0.3, 0.4) is 0 Å². The zero-order valence-electron chi connectivity index (χ0n) is 47.2. The molecule has 0 aromatic heterocycles. The van der Waals surface area contributed by atoms with E-state index < -0.39 is 18.1 Å². The van der Waals surface area contributed by atoms with Crippen molar-refractivity contribution in [3.8, 4) is 11.5 Å². The van der Waals surface area contributed by atoms with Gasteiger partial charge in [0, 0.05) is 19.2 Å². The summed E-state index contributed by atoms with van der Waals surface area (Å²) in [5.41, 5.74) is 17.9. The van der Waals surface area contributed by atoms with Gasteiger partial charge in [-0.15, -0.1) is 0 Å². The van der Waals surface area contributed by atoms with E-state index in [-0.39, 0.29) is 18.5 Å². The number of carbonyl (C=O) groups is 2. The van der Waals surface area contributed by atoms with Crippen molar-refractivity contribution in [2.24, 2.45) is 22.2 Å². The fraction of sp³-hybridized carbons (Fsp3) is 0.855. The Morgan fingerprint density at radius 2 is 0.875 bits per heavy atom. The van der Waals surface area contributed by atoms with E-state index in [1.54, 1.807) is 4.90 Å². The second-order valence-corrected chi connectivity index (χ2v) is 21.8. The molecule has 1 aromatic carbocycles. The van der Waals surface area contributed by atoms with Gasteiger partial charge in [0.2, 0.25) is 5.91 Å². The summed E-state index contributed by atoms with van der Waals surface area (Å²) in [6.07, 6.45) is 56.8. The van der Waals surface area contributed by atoms with E-state index in [2.05, 4.69) is 18.8 Å². The molecule has 1 aliphatic heterocycles. The molecule has 0 aliphatic carbocycles. The van der Waals surface area contributed by atoms with Crippen LogP contribution in [-0.2, 0) is 20.9 Å². The third-order valence-corrected chi connectivity index (χ3v) is 14.9. The lowest BCUT2D eigenvalue weighted by Gasteiger charge is -2.26. The number of hydrogen-bond donors (Lipinski definition) is 3. The number of aliphatic imine (C=N–C) groups is 1. The molecule has 1 aliphatic rings. The molecule has 0 bridgehead atoms. The van der Waals surface area contributed by atoms with Crippen LogP contribution in [-0.4, -0.2) is 61.1 Å². The maximum absolute atomic E-state index is 13.4. The Morgan fingerprint density at radius 1 is 0.528 bits per heavy atom. The predicted octanol–water partition coefficient (Wildman–Crippen LogP) is 16.5. The van der Waals surface area contributed by atoms with E-state index in [0.717, 1.165) is 49.2 Å². The molecule has 1 heterocycles. The van der Waals surface area contributed by atoms with Gasteiger partial charge in [-0.25, -0.2) is 4.79 Å². The Balaban J connectivity index is 1.68. The first-order valence-electron chi connectivity index (χ1n) is 31.0. The van der Waals surface area contributed by atoms with Gasteiger partial charge in [-0.05, 0) is 56.2 Å². The van der Waals surface area contributed by atoms with Crippen LogP contribution >= 0.6 is 0 Å². The third-order valence-electron chi connectivity index (χ3n) is 14.9. The number of ether oxygens (including phenoxy) is 3. The number of hydrogen-bond acceptors (Lipinski definition) is 7. The van der Waals surface area contributed by atoms with Crippen LogP contribution in [0.5, 0.6) is 11.5 Å². The average molecular weight is 1010 g/mol. The number of likely N-dealkylation sites (tertiary alicyclic amines) is 1. The van der Waals surface area contributed by atoms with Crippen molar-refractivity contribution < 1.29 is 23.8 Å². The topological polar surface area (TPSA) is 155 Å². The van der Waals surface area contributed by atoms with E-state index >= 15 is 0 Å². The number of benzene rings is 1. The molecule has 0 saturated carbocycles. The van der Waals surface area contributed by atoms with Gasteiger partial charge < -0.3 is 36.3 Å². The van der Waals surface area contributed by atoms with Crippen molar-refractivity contribution >= 4 is 17.8 Å². The standard InChI is InChI=1S/C62H115N5O5/c1-3-5-7-9-11-13-15-17-19-21-23-25-27-29-31-33-35-37-39-41-49-70-56-51-55(54-72-61(69)59-46-44-48-67(59)60(68)58(63)45-43-47-66-62(64)65)52-57(53-56)71-50-42-40-38-36-34-32-30-28-26-24-22-20-18-16-14-12-10-8-6-4-2/h51-53,58-59H,3-50,54,63H2,1-2H3,(H4,64,65,66)/t58-,59-/m0/s1. The lowest BCUT2D eigenvalue weighted by molar-refractivity contribution is -0.154. The molecule has 1 fully saturated rings. The summed E-state index contributed by atoms with van der Waals surface area (Å²) in [6.45, 7) is 6.85. The summed E-state index contributed by atoms with van der Waals surface area (Å²) in [5.74, 6) is 0.856. The van der Waals surface area contributed by atoms with Crippen LogP contribution in [0, 0.1) is 0 Å². The first-order valence-corrected chi connectivity index (χ1v) is 31.0. The minimum Gasteiger partial charge on any atom is -0.493 e. The van der Waals surface area contributed by atoms with Gasteiger partial charge >= 0.3 is 5.97 Å².